The minimum Gasteiger partial charge on any atom is -0.369 e. The second-order valence-electron chi connectivity index (χ2n) is 5.75. The first-order chi connectivity index (χ1) is 13.1. The standard InChI is InChI=1S/C18H15N7O2/c19-17-23-13-9-11(22-15(26)10-4-2-1-3-5-10)8-12(14(13)24-17)16(27)25-18-20-6-7-21-18/h1-9H,(H,22,26)(H3,19,23,24)(H2,20,21,25,27). The Morgan fingerprint density at radius 2 is 1.85 bits per heavy atom. The average molecular weight is 361 g/mol. The number of H-pyrrole nitrogens is 2. The lowest BCUT2D eigenvalue weighted by molar-refractivity contribution is 0.101. The van der Waals surface area contributed by atoms with E-state index >= 15 is 0 Å². The van der Waals surface area contributed by atoms with Gasteiger partial charge in [-0.1, -0.05) is 18.2 Å². The zero-order valence-corrected chi connectivity index (χ0v) is 14.0. The average Bonchev–Trinajstić information content (AvgIpc) is 3.30. The van der Waals surface area contributed by atoms with Gasteiger partial charge in [0.25, 0.3) is 11.8 Å². The highest BCUT2D eigenvalue weighted by atomic mass is 16.2. The van der Waals surface area contributed by atoms with Crippen LogP contribution in [0.2, 0.25) is 0 Å². The van der Waals surface area contributed by atoms with E-state index < -0.39 is 5.91 Å². The fourth-order valence-electron chi connectivity index (χ4n) is 2.68. The van der Waals surface area contributed by atoms with E-state index in [2.05, 4.69) is 30.6 Å². The number of hydrogen-bond acceptors (Lipinski definition) is 5. The number of aromatic amines is 2. The largest absolute Gasteiger partial charge is 0.369 e. The van der Waals surface area contributed by atoms with Gasteiger partial charge in [0, 0.05) is 23.6 Å². The first kappa shape index (κ1) is 16.3. The zero-order chi connectivity index (χ0) is 18.8. The predicted octanol–water partition coefficient (Wildman–Crippen LogP) is 2.37. The number of imidazole rings is 2. The number of fused-ring (bicyclic) bond motifs is 1. The molecule has 0 aliphatic rings. The van der Waals surface area contributed by atoms with E-state index in [4.69, 9.17) is 5.73 Å². The number of rotatable bonds is 4. The summed E-state index contributed by atoms with van der Waals surface area (Å²) in [4.78, 5) is 38.9. The van der Waals surface area contributed by atoms with Crippen LogP contribution < -0.4 is 16.4 Å². The molecule has 0 atom stereocenters. The number of amides is 2. The van der Waals surface area contributed by atoms with Gasteiger partial charge in [-0.2, -0.15) is 0 Å². The van der Waals surface area contributed by atoms with Crippen molar-refractivity contribution >= 4 is 40.4 Å². The second kappa shape index (κ2) is 6.64. The predicted molar refractivity (Wildman–Crippen MR) is 101 cm³/mol. The van der Waals surface area contributed by atoms with Crippen molar-refractivity contribution < 1.29 is 9.59 Å². The van der Waals surface area contributed by atoms with Crippen LogP contribution in [0.25, 0.3) is 11.0 Å². The van der Waals surface area contributed by atoms with E-state index in [0.717, 1.165) is 0 Å². The van der Waals surface area contributed by atoms with Gasteiger partial charge in [0.15, 0.2) is 5.95 Å². The van der Waals surface area contributed by atoms with Gasteiger partial charge in [0.2, 0.25) is 5.95 Å². The van der Waals surface area contributed by atoms with Crippen molar-refractivity contribution in [2.45, 2.75) is 0 Å². The molecule has 2 aromatic heterocycles. The molecule has 0 spiro atoms. The van der Waals surface area contributed by atoms with Crippen molar-refractivity contribution in [3.8, 4) is 0 Å². The van der Waals surface area contributed by atoms with Crippen LogP contribution in [0.3, 0.4) is 0 Å². The van der Waals surface area contributed by atoms with Gasteiger partial charge in [0.1, 0.15) is 5.52 Å². The Bertz CT molecular complexity index is 1120. The number of benzene rings is 2. The van der Waals surface area contributed by atoms with Crippen LogP contribution in [-0.2, 0) is 0 Å². The molecule has 4 rings (SSSR count). The summed E-state index contributed by atoms with van der Waals surface area (Å²) in [6.07, 6.45) is 3.11. The third-order valence-corrected chi connectivity index (χ3v) is 3.87. The van der Waals surface area contributed by atoms with Crippen LogP contribution in [0.4, 0.5) is 17.6 Å². The van der Waals surface area contributed by atoms with Gasteiger partial charge < -0.3 is 21.0 Å². The van der Waals surface area contributed by atoms with Crippen molar-refractivity contribution in [3.63, 3.8) is 0 Å². The topological polar surface area (TPSA) is 142 Å². The van der Waals surface area contributed by atoms with E-state index in [1.807, 2.05) is 6.07 Å². The lowest BCUT2D eigenvalue weighted by Gasteiger charge is -2.09. The maximum absolute atomic E-state index is 12.7. The highest BCUT2D eigenvalue weighted by Crippen LogP contribution is 2.24. The van der Waals surface area contributed by atoms with Gasteiger partial charge in [-0.25, -0.2) is 9.97 Å². The molecule has 134 valence electrons. The first-order valence-corrected chi connectivity index (χ1v) is 8.06. The summed E-state index contributed by atoms with van der Waals surface area (Å²) >= 11 is 0. The first-order valence-electron chi connectivity index (χ1n) is 8.06. The van der Waals surface area contributed by atoms with Crippen molar-refractivity contribution in [1.29, 1.82) is 0 Å². The summed E-state index contributed by atoms with van der Waals surface area (Å²) in [5, 5.41) is 5.42. The number of carbonyl (C=O) groups is 2. The number of nitrogens with zero attached hydrogens (tertiary/aromatic N) is 2. The fourth-order valence-corrected chi connectivity index (χ4v) is 2.68. The minimum atomic E-state index is -0.433. The van der Waals surface area contributed by atoms with Crippen LogP contribution in [0, 0.1) is 0 Å². The van der Waals surface area contributed by atoms with Gasteiger partial charge in [-0.05, 0) is 24.3 Å². The number of aromatic nitrogens is 4. The molecule has 27 heavy (non-hydrogen) atoms. The monoisotopic (exact) mass is 361 g/mol. The summed E-state index contributed by atoms with van der Waals surface area (Å²) < 4.78 is 0. The molecule has 2 heterocycles. The molecule has 0 radical (unpaired) electrons. The Morgan fingerprint density at radius 1 is 1.04 bits per heavy atom. The molecule has 0 fully saturated rings. The smallest absolute Gasteiger partial charge is 0.260 e. The lowest BCUT2D eigenvalue weighted by atomic mass is 10.1. The summed E-state index contributed by atoms with van der Waals surface area (Å²) in [7, 11) is 0. The molecule has 0 bridgehead atoms. The maximum atomic E-state index is 12.7. The summed E-state index contributed by atoms with van der Waals surface area (Å²) in [6, 6.07) is 12.0. The molecule has 4 aromatic rings. The minimum absolute atomic E-state index is 0.170. The van der Waals surface area contributed by atoms with Crippen molar-refractivity contribution in [3.05, 3.63) is 66.0 Å². The Labute approximate surface area is 153 Å². The number of nitrogen functional groups attached to an aromatic ring is 1. The van der Waals surface area contributed by atoms with Crippen molar-refractivity contribution in [2.24, 2.45) is 0 Å². The highest BCUT2D eigenvalue weighted by Gasteiger charge is 2.17. The number of nitrogens with one attached hydrogen (secondary N) is 4. The third-order valence-electron chi connectivity index (χ3n) is 3.87. The molecule has 9 nitrogen and oxygen atoms in total. The van der Waals surface area contributed by atoms with E-state index in [0.29, 0.717) is 28.2 Å². The van der Waals surface area contributed by atoms with Crippen molar-refractivity contribution in [2.75, 3.05) is 16.4 Å². The normalized spacial score (nSPS) is 10.7. The molecule has 0 aliphatic carbocycles. The van der Waals surface area contributed by atoms with Gasteiger partial charge in [-0.15, -0.1) is 0 Å². The number of anilines is 3. The fraction of sp³-hybridized carbons (Fsp3) is 0. The van der Waals surface area contributed by atoms with Gasteiger partial charge in [0.05, 0.1) is 11.1 Å². The molecular weight excluding hydrogens is 346 g/mol. The molecular formula is C18H15N7O2. The second-order valence-corrected chi connectivity index (χ2v) is 5.75. The van der Waals surface area contributed by atoms with Crippen molar-refractivity contribution in [1.82, 2.24) is 19.9 Å². The van der Waals surface area contributed by atoms with Crippen LogP contribution in [0.1, 0.15) is 20.7 Å². The maximum Gasteiger partial charge on any atom is 0.260 e. The lowest BCUT2D eigenvalue weighted by Crippen LogP contribution is -2.16. The SMILES string of the molecule is Nc1nc2c(C(=O)Nc3ncc[nH]3)cc(NC(=O)c3ccccc3)cc2[nH]1. The number of carbonyl (C=O) groups excluding carboxylic acids is 2. The molecule has 2 amide bonds. The van der Waals surface area contributed by atoms with Crippen LogP contribution in [0.15, 0.2) is 54.9 Å². The molecule has 0 saturated heterocycles. The Hall–Kier alpha value is -4.14. The quantitative estimate of drug-likeness (QED) is 0.379. The highest BCUT2D eigenvalue weighted by molar-refractivity contribution is 6.13. The van der Waals surface area contributed by atoms with E-state index in [1.54, 1.807) is 42.6 Å². The van der Waals surface area contributed by atoms with E-state index in [1.165, 1.54) is 6.20 Å². The Balaban J connectivity index is 1.69. The number of nitrogens with two attached hydrogens (primary N) is 1. The third kappa shape index (κ3) is 3.33. The van der Waals surface area contributed by atoms with Crippen LogP contribution in [-0.4, -0.2) is 31.8 Å². The molecule has 9 heteroatoms. The number of hydrogen-bond donors (Lipinski definition) is 5. The molecule has 0 aliphatic heterocycles. The van der Waals surface area contributed by atoms with E-state index in [9.17, 15) is 9.59 Å². The molecule has 0 unspecified atom stereocenters. The molecule has 2 aromatic carbocycles. The summed E-state index contributed by atoms with van der Waals surface area (Å²) in [6.45, 7) is 0. The Kier molecular flexibility index (Phi) is 4.01. The van der Waals surface area contributed by atoms with Crippen LogP contribution >= 0.6 is 0 Å². The summed E-state index contributed by atoms with van der Waals surface area (Å²) in [5.41, 5.74) is 7.85. The zero-order valence-electron chi connectivity index (χ0n) is 14.0. The Morgan fingerprint density at radius 3 is 2.59 bits per heavy atom. The van der Waals surface area contributed by atoms with E-state index in [-0.39, 0.29) is 17.4 Å². The van der Waals surface area contributed by atoms with Crippen LogP contribution in [0.5, 0.6) is 0 Å². The van der Waals surface area contributed by atoms with Gasteiger partial charge in [-0.3, -0.25) is 14.9 Å². The molecule has 6 N–H and O–H groups in total. The molecule has 0 saturated carbocycles. The van der Waals surface area contributed by atoms with Gasteiger partial charge >= 0.3 is 0 Å². The summed E-state index contributed by atoms with van der Waals surface area (Å²) in [5.74, 6) is -0.254.